The number of rotatable bonds is 4. The van der Waals surface area contributed by atoms with Gasteiger partial charge in [0, 0.05) is 18.4 Å². The number of fused-ring (bicyclic) bond motifs is 1. The van der Waals surface area contributed by atoms with Gasteiger partial charge in [-0.05, 0) is 32.0 Å². The van der Waals surface area contributed by atoms with Gasteiger partial charge >= 0.3 is 0 Å². The zero-order chi connectivity index (χ0) is 13.2. The van der Waals surface area contributed by atoms with Gasteiger partial charge in [-0.3, -0.25) is 0 Å². The lowest BCUT2D eigenvalue weighted by molar-refractivity contribution is 0.719. The Balaban J connectivity index is 1.78. The summed E-state index contributed by atoms with van der Waals surface area (Å²) in [4.78, 5) is 11.8. The lowest BCUT2D eigenvalue weighted by Gasteiger charge is -2.08. The molecule has 0 atom stereocenters. The van der Waals surface area contributed by atoms with Gasteiger partial charge in [0.25, 0.3) is 0 Å². The Labute approximate surface area is 111 Å². The molecule has 3 aromatic rings. The van der Waals surface area contributed by atoms with E-state index in [0.29, 0.717) is 0 Å². The molecule has 3 rings (SSSR count). The summed E-state index contributed by atoms with van der Waals surface area (Å²) in [6.07, 6.45) is 3.76. The van der Waals surface area contributed by atoms with Crippen LogP contribution in [0.15, 0.2) is 30.7 Å². The lowest BCUT2D eigenvalue weighted by Crippen LogP contribution is -2.05. The number of benzene rings is 1. The number of aromatic nitrogens is 4. The highest BCUT2D eigenvalue weighted by molar-refractivity contribution is 5.79. The molecule has 5 nitrogen and oxygen atoms in total. The molecule has 5 heteroatoms. The molecule has 2 aromatic heterocycles. The minimum atomic E-state index is 0.770. The van der Waals surface area contributed by atoms with E-state index in [1.807, 2.05) is 25.5 Å². The number of anilines is 1. The van der Waals surface area contributed by atoms with Gasteiger partial charge in [0.2, 0.25) is 0 Å². The topological polar surface area (TPSA) is 58.5 Å². The summed E-state index contributed by atoms with van der Waals surface area (Å²) in [5.74, 6) is 0.941. The first kappa shape index (κ1) is 11.8. The Kier molecular flexibility index (Phi) is 2.95. The number of aromatic amines is 1. The van der Waals surface area contributed by atoms with Crippen LogP contribution >= 0.6 is 0 Å². The van der Waals surface area contributed by atoms with Crippen molar-refractivity contribution < 1.29 is 0 Å². The van der Waals surface area contributed by atoms with E-state index in [1.165, 1.54) is 5.69 Å². The van der Waals surface area contributed by atoms with Gasteiger partial charge in [0.15, 0.2) is 0 Å². The second-order valence-corrected chi connectivity index (χ2v) is 4.58. The standard InChI is InChI=1S/C14H17N5/c1-3-19-9-15-7-12(19)8-16-11-4-5-13-14(6-11)18-10(2)17-13/h4-7,9,16H,3,8H2,1-2H3,(H,17,18). The van der Waals surface area contributed by atoms with Crippen LogP contribution in [0.2, 0.25) is 0 Å². The number of H-pyrrole nitrogens is 1. The second-order valence-electron chi connectivity index (χ2n) is 4.58. The van der Waals surface area contributed by atoms with Crippen LogP contribution in [0.3, 0.4) is 0 Å². The molecule has 2 heterocycles. The molecule has 0 saturated heterocycles. The van der Waals surface area contributed by atoms with Crippen molar-refractivity contribution in [1.29, 1.82) is 0 Å². The van der Waals surface area contributed by atoms with Crippen LogP contribution in [0.1, 0.15) is 18.4 Å². The van der Waals surface area contributed by atoms with Crippen LogP contribution in [0, 0.1) is 6.92 Å². The normalized spacial score (nSPS) is 11.1. The van der Waals surface area contributed by atoms with Gasteiger partial charge in [-0.15, -0.1) is 0 Å². The van der Waals surface area contributed by atoms with Crippen molar-refractivity contribution >= 4 is 16.7 Å². The average molecular weight is 255 g/mol. The second kappa shape index (κ2) is 4.76. The van der Waals surface area contributed by atoms with Crippen molar-refractivity contribution in [2.24, 2.45) is 0 Å². The Bertz CT molecular complexity index is 695. The third-order valence-electron chi connectivity index (χ3n) is 3.21. The van der Waals surface area contributed by atoms with Crippen molar-refractivity contribution in [3.8, 4) is 0 Å². The Morgan fingerprint density at radius 3 is 3.11 bits per heavy atom. The summed E-state index contributed by atoms with van der Waals surface area (Å²) in [6, 6.07) is 6.16. The summed E-state index contributed by atoms with van der Waals surface area (Å²) >= 11 is 0. The fourth-order valence-electron chi connectivity index (χ4n) is 2.22. The highest BCUT2D eigenvalue weighted by Gasteiger charge is 2.03. The number of nitrogens with zero attached hydrogens (tertiary/aromatic N) is 3. The highest BCUT2D eigenvalue weighted by atomic mass is 15.1. The molecule has 1 aromatic carbocycles. The summed E-state index contributed by atoms with van der Waals surface area (Å²) in [7, 11) is 0. The molecule has 0 unspecified atom stereocenters. The number of aryl methyl sites for hydroxylation is 2. The zero-order valence-corrected chi connectivity index (χ0v) is 11.1. The maximum absolute atomic E-state index is 4.39. The van der Waals surface area contributed by atoms with Gasteiger partial charge in [-0.25, -0.2) is 9.97 Å². The third-order valence-corrected chi connectivity index (χ3v) is 3.21. The van der Waals surface area contributed by atoms with Crippen molar-refractivity contribution in [3.05, 3.63) is 42.2 Å². The SMILES string of the molecule is CCn1cncc1CNc1ccc2nc(C)[nH]c2c1. The van der Waals surface area contributed by atoms with Gasteiger partial charge in [-0.2, -0.15) is 0 Å². The molecule has 0 aliphatic heterocycles. The Hall–Kier alpha value is -2.30. The first-order chi connectivity index (χ1) is 9.26. The maximum Gasteiger partial charge on any atom is 0.104 e. The average Bonchev–Trinajstić information content (AvgIpc) is 3.00. The smallest absolute Gasteiger partial charge is 0.104 e. The van der Waals surface area contributed by atoms with Crippen molar-refractivity contribution in [2.45, 2.75) is 26.9 Å². The molecule has 0 amide bonds. The molecule has 0 radical (unpaired) electrons. The zero-order valence-electron chi connectivity index (χ0n) is 11.1. The predicted molar refractivity (Wildman–Crippen MR) is 76.1 cm³/mol. The van der Waals surface area contributed by atoms with E-state index in [2.05, 4.69) is 43.9 Å². The molecule has 0 bridgehead atoms. The highest BCUT2D eigenvalue weighted by Crippen LogP contribution is 2.17. The number of nitrogens with one attached hydrogen (secondary N) is 2. The van der Waals surface area contributed by atoms with E-state index in [9.17, 15) is 0 Å². The minimum absolute atomic E-state index is 0.770. The van der Waals surface area contributed by atoms with Crippen LogP contribution in [-0.4, -0.2) is 19.5 Å². The number of hydrogen-bond donors (Lipinski definition) is 2. The van der Waals surface area contributed by atoms with Crippen LogP contribution in [-0.2, 0) is 13.1 Å². The molecule has 0 aliphatic rings. The van der Waals surface area contributed by atoms with E-state index in [1.54, 1.807) is 0 Å². The lowest BCUT2D eigenvalue weighted by atomic mass is 10.2. The minimum Gasteiger partial charge on any atom is -0.379 e. The fraction of sp³-hybridized carbons (Fsp3) is 0.286. The van der Waals surface area contributed by atoms with Gasteiger partial charge in [0.1, 0.15) is 5.82 Å². The monoisotopic (exact) mass is 255 g/mol. The third kappa shape index (κ3) is 2.31. The number of imidazole rings is 2. The van der Waals surface area contributed by atoms with Crippen LogP contribution in [0.4, 0.5) is 5.69 Å². The molecule has 2 N–H and O–H groups in total. The van der Waals surface area contributed by atoms with Crippen LogP contribution < -0.4 is 5.32 Å². The van der Waals surface area contributed by atoms with Crippen molar-refractivity contribution in [3.63, 3.8) is 0 Å². The molecule has 0 fully saturated rings. The molecule has 0 spiro atoms. The summed E-state index contributed by atoms with van der Waals surface area (Å²) < 4.78 is 2.13. The fourth-order valence-corrected chi connectivity index (χ4v) is 2.22. The van der Waals surface area contributed by atoms with Crippen molar-refractivity contribution in [2.75, 3.05) is 5.32 Å². The van der Waals surface area contributed by atoms with E-state index in [0.717, 1.165) is 35.6 Å². The van der Waals surface area contributed by atoms with Gasteiger partial charge in [-0.1, -0.05) is 0 Å². The van der Waals surface area contributed by atoms with Crippen LogP contribution in [0.5, 0.6) is 0 Å². The molecule has 98 valence electrons. The predicted octanol–water partition coefficient (Wildman–Crippen LogP) is 2.70. The maximum atomic E-state index is 4.39. The summed E-state index contributed by atoms with van der Waals surface area (Å²) in [5.41, 5.74) is 4.33. The molecule has 0 saturated carbocycles. The Morgan fingerprint density at radius 2 is 2.26 bits per heavy atom. The Morgan fingerprint density at radius 1 is 1.37 bits per heavy atom. The largest absolute Gasteiger partial charge is 0.379 e. The van der Waals surface area contributed by atoms with Gasteiger partial charge < -0.3 is 14.9 Å². The first-order valence-corrected chi connectivity index (χ1v) is 6.45. The van der Waals surface area contributed by atoms with E-state index >= 15 is 0 Å². The van der Waals surface area contributed by atoms with E-state index < -0.39 is 0 Å². The van der Waals surface area contributed by atoms with E-state index in [-0.39, 0.29) is 0 Å². The number of hydrogen-bond acceptors (Lipinski definition) is 3. The molecule has 19 heavy (non-hydrogen) atoms. The first-order valence-electron chi connectivity index (χ1n) is 6.45. The molecular weight excluding hydrogens is 238 g/mol. The van der Waals surface area contributed by atoms with Gasteiger partial charge in [0.05, 0.1) is 29.6 Å². The molecule has 0 aliphatic carbocycles. The molecular formula is C14H17N5. The summed E-state index contributed by atoms with van der Waals surface area (Å²) in [6.45, 7) is 5.79. The van der Waals surface area contributed by atoms with E-state index in [4.69, 9.17) is 0 Å². The quantitative estimate of drug-likeness (QED) is 0.753. The van der Waals surface area contributed by atoms with Crippen molar-refractivity contribution in [1.82, 2.24) is 19.5 Å². The van der Waals surface area contributed by atoms with Crippen LogP contribution in [0.25, 0.3) is 11.0 Å². The summed E-state index contributed by atoms with van der Waals surface area (Å²) in [5, 5.41) is 3.41.